The van der Waals surface area contributed by atoms with Crippen LogP contribution in [0.15, 0.2) is 62.1 Å². The summed E-state index contributed by atoms with van der Waals surface area (Å²) in [5, 5.41) is 9.48. The van der Waals surface area contributed by atoms with E-state index in [0.717, 1.165) is 0 Å². The number of carbonyl (C=O) groups is 1. The molecule has 1 N–H and O–H groups in total. The van der Waals surface area contributed by atoms with Crippen molar-refractivity contribution in [2.24, 2.45) is 11.8 Å². The van der Waals surface area contributed by atoms with Gasteiger partial charge in [-0.05, 0) is 103 Å². The van der Waals surface area contributed by atoms with E-state index in [1.165, 1.54) is 6.08 Å². The number of phenols is 1. The Labute approximate surface area is 224 Å². The molecule has 188 valence electrons. The molecule has 0 amide bonds. The van der Waals surface area contributed by atoms with Crippen LogP contribution in [0.5, 0.6) is 5.75 Å². The first kappa shape index (κ1) is 27.8. The van der Waals surface area contributed by atoms with Crippen molar-refractivity contribution in [1.29, 1.82) is 0 Å². The van der Waals surface area contributed by atoms with Gasteiger partial charge in [0.25, 0.3) is 0 Å². The third kappa shape index (κ3) is 5.22. The van der Waals surface area contributed by atoms with Gasteiger partial charge in [-0.1, -0.05) is 52.0 Å². The van der Waals surface area contributed by atoms with Gasteiger partial charge in [0.2, 0.25) is 0 Å². The number of aromatic hydroxyl groups is 1. The molecule has 0 fully saturated rings. The van der Waals surface area contributed by atoms with E-state index in [9.17, 15) is 22.9 Å². The highest BCUT2D eigenvalue weighted by atomic mass is 79.9. The molecule has 2 unspecified atom stereocenters. The van der Waals surface area contributed by atoms with Crippen LogP contribution in [-0.2, 0) is 14.9 Å². The Balaban J connectivity index is 2.54. The van der Waals surface area contributed by atoms with Crippen LogP contribution in [-0.4, -0.2) is 29.1 Å². The Morgan fingerprint density at radius 3 is 2.20 bits per heavy atom. The molecule has 0 heterocycles. The van der Waals surface area contributed by atoms with Crippen molar-refractivity contribution in [2.75, 3.05) is 0 Å². The molecule has 5 nitrogen and oxygen atoms in total. The predicted octanol–water partition coefficient (Wildman–Crippen LogP) is 6.83. The maximum atomic E-state index is 13.0. The van der Waals surface area contributed by atoms with Crippen molar-refractivity contribution in [3.8, 4) is 5.75 Å². The molecule has 1 aromatic rings. The molecule has 35 heavy (non-hydrogen) atoms. The maximum Gasteiger partial charge on any atom is 0.196 e. The van der Waals surface area contributed by atoms with Crippen molar-refractivity contribution in [1.82, 2.24) is 0 Å². The van der Waals surface area contributed by atoms with Crippen molar-refractivity contribution in [2.45, 2.75) is 52.7 Å². The van der Waals surface area contributed by atoms with E-state index in [2.05, 4.69) is 31.9 Å². The number of rotatable bonds is 5. The Kier molecular flexibility index (Phi) is 8.21. The SMILES string of the molecule is CC1=C(Br)C(=O)C(C(C)C)=C/C1=C(\c1cc(C(C)C)c(O)c(Br)c1C)C1C=CC=CC1S(=O)(=O)[O-]. The first-order valence-corrected chi connectivity index (χ1v) is 14.4. The van der Waals surface area contributed by atoms with E-state index in [1.807, 2.05) is 53.7 Å². The second-order valence-corrected chi connectivity index (χ2v) is 12.7. The van der Waals surface area contributed by atoms with Crippen molar-refractivity contribution in [3.05, 3.63) is 78.8 Å². The summed E-state index contributed by atoms with van der Waals surface area (Å²) in [4.78, 5) is 13.0. The van der Waals surface area contributed by atoms with Gasteiger partial charge in [0.1, 0.15) is 15.9 Å². The van der Waals surface area contributed by atoms with Crippen LogP contribution in [0.2, 0.25) is 0 Å². The van der Waals surface area contributed by atoms with Crippen molar-refractivity contribution >= 4 is 53.3 Å². The Morgan fingerprint density at radius 1 is 1.06 bits per heavy atom. The molecular weight excluding hydrogens is 596 g/mol. The van der Waals surface area contributed by atoms with Gasteiger partial charge in [-0.2, -0.15) is 0 Å². The minimum atomic E-state index is -4.69. The zero-order valence-electron chi connectivity index (χ0n) is 20.5. The standard InChI is InChI=1S/C27H30Br2O5S/c1-13(2)18-11-20(15(5)24(28)26(18)30)23(17-9-7-8-10-22(17)35(32,33)34)21-12-19(14(3)4)27(31)25(29)16(21)6/h7-14,17,22,30H,1-6H3,(H,32,33,34)/p-1/b23-21+. The number of benzene rings is 1. The van der Waals surface area contributed by atoms with Crippen molar-refractivity contribution in [3.63, 3.8) is 0 Å². The van der Waals surface area contributed by atoms with Gasteiger partial charge in [0, 0.05) is 11.5 Å². The van der Waals surface area contributed by atoms with Gasteiger partial charge < -0.3 is 9.66 Å². The van der Waals surface area contributed by atoms with Gasteiger partial charge in [0.05, 0.1) is 14.2 Å². The Hall–Kier alpha value is -1.74. The van der Waals surface area contributed by atoms with Gasteiger partial charge >= 0.3 is 0 Å². The summed E-state index contributed by atoms with van der Waals surface area (Å²) in [5.41, 5.74) is 4.66. The van der Waals surface area contributed by atoms with Crippen LogP contribution >= 0.6 is 31.9 Å². The summed E-state index contributed by atoms with van der Waals surface area (Å²) in [6, 6.07) is 1.86. The van der Waals surface area contributed by atoms with Crippen LogP contribution in [0.25, 0.3) is 5.57 Å². The Morgan fingerprint density at radius 2 is 1.66 bits per heavy atom. The molecule has 2 aliphatic rings. The minimum Gasteiger partial charge on any atom is -0.747 e. The Bertz CT molecular complexity index is 1340. The number of halogens is 2. The summed E-state index contributed by atoms with van der Waals surface area (Å²) >= 11 is 6.98. The number of hydrogen-bond acceptors (Lipinski definition) is 5. The normalized spacial score (nSPS) is 22.4. The number of phenolic OH excluding ortho intramolecular Hbond substituents is 1. The van der Waals surface area contributed by atoms with Gasteiger partial charge in [0.15, 0.2) is 5.78 Å². The number of carbonyl (C=O) groups excluding carboxylic acids is 1. The molecule has 0 bridgehead atoms. The van der Waals surface area contributed by atoms with Crippen LogP contribution < -0.4 is 0 Å². The molecule has 0 radical (unpaired) electrons. The van der Waals surface area contributed by atoms with Crippen LogP contribution in [0.1, 0.15) is 57.2 Å². The van der Waals surface area contributed by atoms with Gasteiger partial charge in [-0.25, -0.2) is 8.42 Å². The number of ketones is 1. The predicted molar refractivity (Wildman–Crippen MR) is 146 cm³/mol. The first-order valence-electron chi connectivity index (χ1n) is 11.4. The fourth-order valence-electron chi connectivity index (χ4n) is 4.55. The largest absolute Gasteiger partial charge is 0.747 e. The lowest BCUT2D eigenvalue weighted by Crippen LogP contribution is -2.30. The molecule has 2 aliphatic carbocycles. The lowest BCUT2D eigenvalue weighted by atomic mass is 9.77. The van der Waals surface area contributed by atoms with E-state index in [0.29, 0.717) is 47.9 Å². The van der Waals surface area contributed by atoms with E-state index in [1.54, 1.807) is 18.2 Å². The highest BCUT2D eigenvalue weighted by molar-refractivity contribution is 9.12. The highest BCUT2D eigenvalue weighted by Gasteiger charge is 2.34. The number of Topliss-reactive ketones (excluding diaryl/α,β-unsaturated/α-hetero) is 1. The fraction of sp³-hybridized carbons (Fsp3) is 0.370. The second kappa shape index (κ2) is 10.3. The molecule has 8 heteroatoms. The second-order valence-electron chi connectivity index (χ2n) is 9.56. The monoisotopic (exact) mass is 623 g/mol. The van der Waals surface area contributed by atoms with Crippen molar-refractivity contribution < 1.29 is 22.9 Å². The van der Waals surface area contributed by atoms with Gasteiger partial charge in [-0.3, -0.25) is 4.79 Å². The molecule has 1 aromatic carbocycles. The lowest BCUT2D eigenvalue weighted by molar-refractivity contribution is -0.112. The summed E-state index contributed by atoms with van der Waals surface area (Å²) in [5.74, 6) is -0.863. The minimum absolute atomic E-state index is 0.0178. The zero-order chi connectivity index (χ0) is 26.4. The number of allylic oxidation sites excluding steroid dienone is 9. The molecular formula is C27H29Br2O5S-. The van der Waals surface area contributed by atoms with Crippen LogP contribution in [0, 0.1) is 18.8 Å². The maximum absolute atomic E-state index is 13.0. The topological polar surface area (TPSA) is 94.5 Å². The average molecular weight is 625 g/mol. The first-order chi connectivity index (χ1) is 16.2. The molecule has 0 spiro atoms. The number of hydrogen-bond donors (Lipinski definition) is 1. The highest BCUT2D eigenvalue weighted by Crippen LogP contribution is 2.47. The quantitative estimate of drug-likeness (QED) is 0.362. The van der Waals surface area contributed by atoms with Crippen LogP contribution in [0.3, 0.4) is 0 Å². The third-order valence-electron chi connectivity index (χ3n) is 6.58. The van der Waals surface area contributed by atoms with Gasteiger partial charge in [-0.15, -0.1) is 0 Å². The van der Waals surface area contributed by atoms with E-state index in [4.69, 9.17) is 0 Å². The lowest BCUT2D eigenvalue weighted by Gasteiger charge is -2.33. The molecule has 0 aliphatic heterocycles. The molecule has 0 aromatic heterocycles. The zero-order valence-corrected chi connectivity index (χ0v) is 24.5. The van der Waals surface area contributed by atoms with E-state index in [-0.39, 0.29) is 23.4 Å². The fourth-order valence-corrected chi connectivity index (χ4v) is 6.31. The summed E-state index contributed by atoms with van der Waals surface area (Å²) in [6.45, 7) is 11.4. The van der Waals surface area contributed by atoms with E-state index < -0.39 is 21.3 Å². The molecule has 3 rings (SSSR count). The van der Waals surface area contributed by atoms with E-state index >= 15 is 0 Å². The molecule has 2 atom stereocenters. The summed E-state index contributed by atoms with van der Waals surface area (Å²) < 4.78 is 38.0. The molecule has 0 saturated carbocycles. The van der Waals surface area contributed by atoms with Crippen LogP contribution in [0.4, 0.5) is 0 Å². The smallest absolute Gasteiger partial charge is 0.196 e. The third-order valence-corrected chi connectivity index (χ3v) is 9.63. The summed E-state index contributed by atoms with van der Waals surface area (Å²) in [6.07, 6.45) is 8.25. The molecule has 0 saturated heterocycles. The average Bonchev–Trinajstić information content (AvgIpc) is 2.78. The summed E-state index contributed by atoms with van der Waals surface area (Å²) in [7, 11) is -4.69.